The SMILES string of the molecule is CCOc1cc(C2C3=C(CCCC3=O)N(CC)C3=C2C(=O)CCC3)cc(Br)c1Oc1ccc(C(F)(F)F)cc1[N+](=O)[O-]. The normalized spacial score (nSPS) is 17.8. The van der Waals surface area contributed by atoms with Crippen LogP contribution in [-0.2, 0) is 15.8 Å². The Morgan fingerprint density at radius 3 is 2.12 bits per heavy atom. The molecule has 0 N–H and O–H groups in total. The number of halogens is 4. The Kier molecular flexibility index (Phi) is 8.19. The Balaban J connectivity index is 1.65. The van der Waals surface area contributed by atoms with Crippen LogP contribution in [0.2, 0.25) is 0 Å². The number of carbonyl (C=O) groups excluding carboxylic acids is 2. The van der Waals surface area contributed by atoms with Crippen LogP contribution >= 0.6 is 15.9 Å². The van der Waals surface area contributed by atoms with E-state index in [0.717, 1.165) is 30.3 Å². The van der Waals surface area contributed by atoms with Crippen molar-refractivity contribution in [2.24, 2.45) is 0 Å². The second-order valence-electron chi connectivity index (χ2n) is 10.3. The molecule has 2 aromatic carbocycles. The van der Waals surface area contributed by atoms with Crippen molar-refractivity contribution in [1.29, 1.82) is 0 Å². The molecule has 2 aliphatic carbocycles. The molecule has 3 aliphatic rings. The largest absolute Gasteiger partial charge is 0.490 e. The third-order valence-electron chi connectivity index (χ3n) is 7.76. The Bertz CT molecular complexity index is 1500. The predicted octanol–water partition coefficient (Wildman–Crippen LogP) is 8.00. The molecule has 0 radical (unpaired) electrons. The van der Waals surface area contributed by atoms with Crippen molar-refractivity contribution in [2.75, 3.05) is 13.2 Å². The number of allylic oxidation sites excluding steroid dienone is 4. The first-order chi connectivity index (χ1) is 20.0. The van der Waals surface area contributed by atoms with Gasteiger partial charge in [-0.25, -0.2) is 0 Å². The van der Waals surface area contributed by atoms with Gasteiger partial charge < -0.3 is 14.4 Å². The van der Waals surface area contributed by atoms with E-state index in [-0.39, 0.29) is 29.7 Å². The van der Waals surface area contributed by atoms with Crippen LogP contribution in [0.3, 0.4) is 0 Å². The van der Waals surface area contributed by atoms with Crippen LogP contribution in [0.5, 0.6) is 17.2 Å². The van der Waals surface area contributed by atoms with Gasteiger partial charge in [0, 0.05) is 53.9 Å². The van der Waals surface area contributed by atoms with Crippen molar-refractivity contribution in [3.8, 4) is 17.2 Å². The number of alkyl halides is 3. The third kappa shape index (κ3) is 5.32. The summed E-state index contributed by atoms with van der Waals surface area (Å²) in [6, 6.07) is 5.35. The lowest BCUT2D eigenvalue weighted by Crippen LogP contribution is -2.39. The molecule has 0 fully saturated rings. The summed E-state index contributed by atoms with van der Waals surface area (Å²) in [5.41, 5.74) is 1.63. The summed E-state index contributed by atoms with van der Waals surface area (Å²) in [5, 5.41) is 11.7. The summed E-state index contributed by atoms with van der Waals surface area (Å²) in [7, 11) is 0. The second kappa shape index (κ2) is 11.5. The van der Waals surface area contributed by atoms with Gasteiger partial charge >= 0.3 is 11.9 Å². The van der Waals surface area contributed by atoms with Gasteiger partial charge in [-0.1, -0.05) is 0 Å². The first-order valence-corrected chi connectivity index (χ1v) is 14.5. The lowest BCUT2D eigenvalue weighted by molar-refractivity contribution is -0.385. The van der Waals surface area contributed by atoms with Crippen molar-refractivity contribution in [1.82, 2.24) is 4.90 Å². The molecule has 5 rings (SSSR count). The van der Waals surface area contributed by atoms with Gasteiger partial charge in [0.25, 0.3) is 0 Å². The maximum Gasteiger partial charge on any atom is 0.416 e. The van der Waals surface area contributed by atoms with Crippen LogP contribution in [-0.4, -0.2) is 34.5 Å². The zero-order chi connectivity index (χ0) is 30.3. The molecule has 1 heterocycles. The zero-order valence-electron chi connectivity index (χ0n) is 23.0. The van der Waals surface area contributed by atoms with E-state index in [2.05, 4.69) is 20.8 Å². The third-order valence-corrected chi connectivity index (χ3v) is 8.35. The molecular weight excluding hydrogens is 621 g/mol. The first kappa shape index (κ1) is 29.8. The van der Waals surface area contributed by atoms with Gasteiger partial charge in [0.2, 0.25) is 5.75 Å². The van der Waals surface area contributed by atoms with Crippen LogP contribution < -0.4 is 9.47 Å². The van der Waals surface area contributed by atoms with Crippen molar-refractivity contribution < 1.29 is 37.2 Å². The topological polar surface area (TPSA) is 99.0 Å². The van der Waals surface area contributed by atoms with Crippen LogP contribution in [0, 0.1) is 10.1 Å². The molecule has 222 valence electrons. The highest BCUT2D eigenvalue weighted by atomic mass is 79.9. The average Bonchev–Trinajstić information content (AvgIpc) is 2.93. The van der Waals surface area contributed by atoms with Gasteiger partial charge in [-0.3, -0.25) is 19.7 Å². The molecule has 8 nitrogen and oxygen atoms in total. The number of ketones is 2. The number of rotatable bonds is 7. The van der Waals surface area contributed by atoms with Gasteiger partial charge in [0.1, 0.15) is 0 Å². The molecule has 0 aromatic heterocycles. The van der Waals surface area contributed by atoms with E-state index in [4.69, 9.17) is 9.47 Å². The summed E-state index contributed by atoms with van der Waals surface area (Å²) in [6.07, 6.45) is -1.13. The van der Waals surface area contributed by atoms with E-state index < -0.39 is 34.0 Å². The van der Waals surface area contributed by atoms with E-state index in [0.29, 0.717) is 65.5 Å². The maximum atomic E-state index is 13.4. The quantitative estimate of drug-likeness (QED) is 0.221. The fourth-order valence-corrected chi connectivity index (χ4v) is 6.62. The average molecular weight is 649 g/mol. The fourth-order valence-electron chi connectivity index (χ4n) is 6.08. The Labute approximate surface area is 248 Å². The fraction of sp³-hybridized carbons (Fsp3) is 0.400. The summed E-state index contributed by atoms with van der Waals surface area (Å²) < 4.78 is 51.7. The minimum Gasteiger partial charge on any atom is -0.490 e. The molecule has 0 saturated carbocycles. The number of benzene rings is 2. The molecule has 2 aromatic rings. The Morgan fingerprint density at radius 2 is 1.60 bits per heavy atom. The molecule has 42 heavy (non-hydrogen) atoms. The van der Waals surface area contributed by atoms with Crippen molar-refractivity contribution in [3.05, 3.63) is 78.6 Å². The van der Waals surface area contributed by atoms with E-state index in [1.807, 2.05) is 6.92 Å². The summed E-state index contributed by atoms with van der Waals surface area (Å²) >= 11 is 3.46. The van der Waals surface area contributed by atoms with Crippen molar-refractivity contribution in [3.63, 3.8) is 0 Å². The molecular formula is C30H28BrF3N2O6. The van der Waals surface area contributed by atoms with Gasteiger partial charge in [0.15, 0.2) is 23.1 Å². The number of Topliss-reactive ketones (excluding diaryl/α,β-unsaturated/α-hetero) is 2. The zero-order valence-corrected chi connectivity index (χ0v) is 24.6. The number of hydrogen-bond acceptors (Lipinski definition) is 7. The smallest absolute Gasteiger partial charge is 0.416 e. The van der Waals surface area contributed by atoms with Crippen LogP contribution in [0.1, 0.15) is 69.4 Å². The minimum absolute atomic E-state index is 0.0144. The molecule has 0 atom stereocenters. The van der Waals surface area contributed by atoms with Crippen LogP contribution in [0.25, 0.3) is 0 Å². The number of carbonyl (C=O) groups is 2. The first-order valence-electron chi connectivity index (χ1n) is 13.8. The number of nitro benzene ring substituents is 1. The molecule has 0 bridgehead atoms. The van der Waals surface area contributed by atoms with E-state index in [9.17, 15) is 32.9 Å². The molecule has 1 aliphatic heterocycles. The number of nitro groups is 1. The van der Waals surface area contributed by atoms with Gasteiger partial charge in [-0.05, 0) is 85.3 Å². The second-order valence-corrected chi connectivity index (χ2v) is 11.1. The standard InChI is InChI=1S/C30H28BrF3N2O6/c1-3-35-19-7-5-9-22(37)27(19)26(28-20(35)8-6-10-23(28)38)16-13-18(31)29(25(14-16)41-4-2)42-24-12-11-17(30(32,33)34)15-21(24)36(39)40/h11-15,26H,3-10H2,1-2H3. The minimum atomic E-state index is -4.77. The highest BCUT2D eigenvalue weighted by molar-refractivity contribution is 9.10. The van der Waals surface area contributed by atoms with Gasteiger partial charge in [0.05, 0.1) is 21.6 Å². The van der Waals surface area contributed by atoms with Crippen molar-refractivity contribution in [2.45, 2.75) is 64.5 Å². The number of ether oxygens (including phenoxy) is 2. The van der Waals surface area contributed by atoms with E-state index >= 15 is 0 Å². The number of hydrogen-bond donors (Lipinski definition) is 0. The molecule has 12 heteroatoms. The monoisotopic (exact) mass is 648 g/mol. The van der Waals surface area contributed by atoms with Crippen molar-refractivity contribution >= 4 is 33.2 Å². The summed E-state index contributed by atoms with van der Waals surface area (Å²) in [6.45, 7) is 4.54. The molecule has 0 spiro atoms. The summed E-state index contributed by atoms with van der Waals surface area (Å²) in [5.74, 6) is -0.881. The summed E-state index contributed by atoms with van der Waals surface area (Å²) in [4.78, 5) is 39.7. The Hall–Kier alpha value is -3.67. The highest BCUT2D eigenvalue weighted by Gasteiger charge is 2.43. The molecule has 0 unspecified atom stereocenters. The maximum absolute atomic E-state index is 13.4. The lowest BCUT2D eigenvalue weighted by atomic mass is 9.71. The van der Waals surface area contributed by atoms with E-state index in [1.54, 1.807) is 19.1 Å². The Morgan fingerprint density at radius 1 is 0.976 bits per heavy atom. The predicted molar refractivity (Wildman–Crippen MR) is 150 cm³/mol. The van der Waals surface area contributed by atoms with E-state index in [1.165, 1.54) is 0 Å². The van der Waals surface area contributed by atoms with Crippen LogP contribution in [0.4, 0.5) is 18.9 Å². The highest BCUT2D eigenvalue weighted by Crippen LogP contribution is 2.52. The molecule has 0 amide bonds. The van der Waals surface area contributed by atoms with Crippen LogP contribution in [0.15, 0.2) is 57.3 Å². The molecule has 0 saturated heterocycles. The van der Waals surface area contributed by atoms with Gasteiger partial charge in [-0.2, -0.15) is 13.2 Å². The lowest BCUT2D eigenvalue weighted by Gasteiger charge is -2.43. The number of nitrogens with zero attached hydrogens (tertiary/aromatic N) is 2. The van der Waals surface area contributed by atoms with Gasteiger partial charge in [-0.15, -0.1) is 0 Å².